The first-order valence-corrected chi connectivity index (χ1v) is 7.13. The Balaban J connectivity index is 2.10. The monoisotopic (exact) mass is 279 g/mol. The molecule has 0 fully saturated rings. The second-order valence-electron chi connectivity index (χ2n) is 4.71. The van der Waals surface area contributed by atoms with E-state index in [1.165, 1.54) is 0 Å². The van der Waals surface area contributed by atoms with Gasteiger partial charge in [0, 0.05) is 36.3 Å². The molecule has 0 aliphatic heterocycles. The van der Waals surface area contributed by atoms with Gasteiger partial charge in [0.2, 0.25) is 0 Å². The lowest BCUT2D eigenvalue weighted by Gasteiger charge is -2.08. The summed E-state index contributed by atoms with van der Waals surface area (Å²) in [7, 11) is 0. The maximum Gasteiger partial charge on any atom is 0.161 e. The summed E-state index contributed by atoms with van der Waals surface area (Å²) < 4.78 is 0. The van der Waals surface area contributed by atoms with E-state index in [1.807, 2.05) is 24.3 Å². The van der Waals surface area contributed by atoms with Gasteiger partial charge in [-0.1, -0.05) is 6.92 Å². The van der Waals surface area contributed by atoms with Crippen LogP contribution in [-0.2, 0) is 6.42 Å². The summed E-state index contributed by atoms with van der Waals surface area (Å²) in [5.74, 6) is 1.58. The van der Waals surface area contributed by atoms with Crippen LogP contribution in [0.25, 0.3) is 22.4 Å². The highest BCUT2D eigenvalue weighted by Gasteiger charge is 2.07. The number of nitrogens with zero attached hydrogens (tertiary/aromatic N) is 4. The Hall–Kier alpha value is -2.56. The average molecular weight is 279 g/mol. The van der Waals surface area contributed by atoms with E-state index in [9.17, 15) is 0 Å². The molecule has 106 valence electrons. The van der Waals surface area contributed by atoms with E-state index >= 15 is 0 Å². The van der Waals surface area contributed by atoms with Crippen molar-refractivity contribution in [2.45, 2.75) is 20.3 Å². The number of fused-ring (bicyclic) bond motifs is 1. The predicted octanol–water partition coefficient (Wildman–Crippen LogP) is 3.08. The van der Waals surface area contributed by atoms with Crippen LogP contribution < -0.4 is 5.32 Å². The third-order valence-electron chi connectivity index (χ3n) is 3.23. The Labute approximate surface area is 123 Å². The molecule has 0 spiro atoms. The molecule has 3 aromatic rings. The van der Waals surface area contributed by atoms with Gasteiger partial charge in [-0.15, -0.1) is 0 Å². The van der Waals surface area contributed by atoms with Crippen molar-refractivity contribution in [1.29, 1.82) is 0 Å². The van der Waals surface area contributed by atoms with Gasteiger partial charge in [0.05, 0.1) is 11.0 Å². The summed E-state index contributed by atoms with van der Waals surface area (Å²) in [6.45, 7) is 4.98. The summed E-state index contributed by atoms with van der Waals surface area (Å²) in [4.78, 5) is 17.8. The van der Waals surface area contributed by atoms with Crippen molar-refractivity contribution in [3.63, 3.8) is 0 Å². The first kappa shape index (κ1) is 13.4. The molecule has 0 aliphatic rings. The topological polar surface area (TPSA) is 63.6 Å². The molecule has 0 atom stereocenters. The summed E-state index contributed by atoms with van der Waals surface area (Å²) in [5, 5.41) is 3.25. The number of hydrogen-bond acceptors (Lipinski definition) is 5. The van der Waals surface area contributed by atoms with Crippen LogP contribution >= 0.6 is 0 Å². The highest BCUT2D eigenvalue weighted by Crippen LogP contribution is 2.21. The Morgan fingerprint density at radius 2 is 1.76 bits per heavy atom. The minimum atomic E-state index is 0.720. The van der Waals surface area contributed by atoms with E-state index in [0.29, 0.717) is 0 Å². The molecule has 0 radical (unpaired) electrons. The molecule has 21 heavy (non-hydrogen) atoms. The van der Waals surface area contributed by atoms with Gasteiger partial charge in [0.1, 0.15) is 5.82 Å². The van der Waals surface area contributed by atoms with E-state index in [2.05, 4.69) is 39.1 Å². The molecule has 1 N–H and O–H groups in total. The van der Waals surface area contributed by atoms with Gasteiger partial charge in [-0.3, -0.25) is 9.97 Å². The van der Waals surface area contributed by atoms with Gasteiger partial charge in [-0.05, 0) is 31.5 Å². The molecule has 2 aromatic heterocycles. The Morgan fingerprint density at radius 1 is 0.952 bits per heavy atom. The zero-order valence-corrected chi connectivity index (χ0v) is 12.2. The SMILES string of the molecule is CCNc1cc(CC)nc(-c2ccc3nccnc3c2)n1. The lowest BCUT2D eigenvalue weighted by atomic mass is 10.1. The molecule has 0 saturated carbocycles. The van der Waals surface area contributed by atoms with Crippen LogP contribution in [-0.4, -0.2) is 26.5 Å². The molecule has 5 heteroatoms. The number of nitrogens with one attached hydrogen (secondary N) is 1. The van der Waals surface area contributed by atoms with Crippen molar-refractivity contribution in [2.75, 3.05) is 11.9 Å². The average Bonchev–Trinajstić information content (AvgIpc) is 2.54. The molecule has 0 aliphatic carbocycles. The second kappa shape index (κ2) is 5.83. The lowest BCUT2D eigenvalue weighted by Crippen LogP contribution is -2.03. The van der Waals surface area contributed by atoms with Crippen molar-refractivity contribution in [1.82, 2.24) is 19.9 Å². The van der Waals surface area contributed by atoms with Crippen LogP contribution in [0.4, 0.5) is 5.82 Å². The van der Waals surface area contributed by atoms with Gasteiger partial charge in [-0.25, -0.2) is 9.97 Å². The third kappa shape index (κ3) is 2.81. The number of benzene rings is 1. The van der Waals surface area contributed by atoms with Crippen LogP contribution in [0.15, 0.2) is 36.7 Å². The van der Waals surface area contributed by atoms with E-state index < -0.39 is 0 Å². The molecular weight excluding hydrogens is 262 g/mol. The zero-order chi connectivity index (χ0) is 14.7. The summed E-state index contributed by atoms with van der Waals surface area (Å²) in [6, 6.07) is 7.91. The van der Waals surface area contributed by atoms with Crippen molar-refractivity contribution in [3.05, 3.63) is 42.4 Å². The number of hydrogen-bond donors (Lipinski definition) is 1. The van der Waals surface area contributed by atoms with Crippen LogP contribution in [0.2, 0.25) is 0 Å². The van der Waals surface area contributed by atoms with Crippen molar-refractivity contribution in [2.24, 2.45) is 0 Å². The Morgan fingerprint density at radius 3 is 2.52 bits per heavy atom. The van der Waals surface area contributed by atoms with Gasteiger partial charge in [0.25, 0.3) is 0 Å². The molecule has 0 saturated heterocycles. The summed E-state index contributed by atoms with van der Waals surface area (Å²) in [6.07, 6.45) is 4.26. The van der Waals surface area contributed by atoms with Crippen LogP contribution in [0.3, 0.4) is 0 Å². The second-order valence-corrected chi connectivity index (χ2v) is 4.71. The largest absolute Gasteiger partial charge is 0.370 e. The highest BCUT2D eigenvalue weighted by atomic mass is 15.0. The smallest absolute Gasteiger partial charge is 0.161 e. The predicted molar refractivity (Wildman–Crippen MR) is 84.1 cm³/mol. The van der Waals surface area contributed by atoms with Crippen LogP contribution in [0.5, 0.6) is 0 Å². The Kier molecular flexibility index (Phi) is 3.73. The molecular formula is C16H17N5. The van der Waals surface area contributed by atoms with Crippen molar-refractivity contribution >= 4 is 16.9 Å². The van der Waals surface area contributed by atoms with Gasteiger partial charge in [0.15, 0.2) is 5.82 Å². The van der Waals surface area contributed by atoms with Crippen molar-refractivity contribution < 1.29 is 0 Å². The fourth-order valence-corrected chi connectivity index (χ4v) is 2.18. The van der Waals surface area contributed by atoms with Crippen molar-refractivity contribution in [3.8, 4) is 11.4 Å². The fourth-order valence-electron chi connectivity index (χ4n) is 2.18. The lowest BCUT2D eigenvalue weighted by molar-refractivity contribution is 0.998. The highest BCUT2D eigenvalue weighted by molar-refractivity contribution is 5.79. The van der Waals surface area contributed by atoms with E-state index in [1.54, 1.807) is 12.4 Å². The summed E-state index contributed by atoms with van der Waals surface area (Å²) >= 11 is 0. The first-order chi connectivity index (χ1) is 10.3. The number of anilines is 1. The van der Waals surface area contributed by atoms with E-state index in [4.69, 9.17) is 0 Å². The Bertz CT molecular complexity index is 769. The number of rotatable bonds is 4. The molecule has 0 amide bonds. The molecule has 3 rings (SSSR count). The molecule has 2 heterocycles. The molecule has 1 aromatic carbocycles. The maximum absolute atomic E-state index is 4.61. The fraction of sp³-hybridized carbons (Fsp3) is 0.250. The molecule has 0 bridgehead atoms. The van der Waals surface area contributed by atoms with E-state index in [-0.39, 0.29) is 0 Å². The van der Waals surface area contributed by atoms with Crippen LogP contribution in [0.1, 0.15) is 19.5 Å². The third-order valence-corrected chi connectivity index (χ3v) is 3.23. The standard InChI is InChI=1S/C16H17N5/c1-3-12-10-15(17-4-2)21-16(20-12)11-5-6-13-14(9-11)19-8-7-18-13/h5-10H,3-4H2,1-2H3,(H,17,20,21). The maximum atomic E-state index is 4.61. The first-order valence-electron chi connectivity index (χ1n) is 7.13. The van der Waals surface area contributed by atoms with Gasteiger partial charge >= 0.3 is 0 Å². The van der Waals surface area contributed by atoms with Crippen LogP contribution in [0, 0.1) is 0 Å². The molecule has 0 unspecified atom stereocenters. The number of aromatic nitrogens is 4. The van der Waals surface area contributed by atoms with Gasteiger partial charge < -0.3 is 5.32 Å². The minimum Gasteiger partial charge on any atom is -0.370 e. The summed E-state index contributed by atoms with van der Waals surface area (Å²) in [5.41, 5.74) is 3.71. The van der Waals surface area contributed by atoms with E-state index in [0.717, 1.165) is 46.9 Å². The quantitative estimate of drug-likeness (QED) is 0.795. The normalized spacial score (nSPS) is 10.8. The number of aryl methyl sites for hydroxylation is 1. The minimum absolute atomic E-state index is 0.720. The van der Waals surface area contributed by atoms with Gasteiger partial charge in [-0.2, -0.15) is 0 Å². The zero-order valence-electron chi connectivity index (χ0n) is 12.2. The molecule has 5 nitrogen and oxygen atoms in total.